The number of carbonyl (C=O) groups excluding carboxylic acids is 1. The molecule has 1 N–H and O–H groups in total. The Hall–Kier alpha value is -1.93. The topological polar surface area (TPSA) is 77.2 Å². The van der Waals surface area contributed by atoms with Gasteiger partial charge in [0.1, 0.15) is 11.8 Å². The molecule has 1 fully saturated rings. The smallest absolute Gasteiger partial charge is 0.272 e. The summed E-state index contributed by atoms with van der Waals surface area (Å²) in [5, 5.41) is 17.8. The second-order valence-corrected chi connectivity index (χ2v) is 3.81. The van der Waals surface area contributed by atoms with E-state index in [1.807, 2.05) is 6.07 Å². The zero-order valence-corrected chi connectivity index (χ0v) is 8.84. The van der Waals surface area contributed by atoms with E-state index in [2.05, 4.69) is 4.98 Å². The predicted octanol–water partition coefficient (Wildman–Crippen LogP) is 0.0784. The van der Waals surface area contributed by atoms with Crippen LogP contribution in [0.4, 0.5) is 0 Å². The van der Waals surface area contributed by atoms with E-state index in [1.54, 1.807) is 19.1 Å². The van der Waals surface area contributed by atoms with E-state index in [0.717, 1.165) is 0 Å². The lowest BCUT2D eigenvalue weighted by atomic mass is 10.1. The summed E-state index contributed by atoms with van der Waals surface area (Å²) in [7, 11) is 0. The van der Waals surface area contributed by atoms with Gasteiger partial charge in [0.15, 0.2) is 0 Å². The molecule has 1 aliphatic heterocycles. The highest BCUT2D eigenvalue weighted by Crippen LogP contribution is 2.13. The summed E-state index contributed by atoms with van der Waals surface area (Å²) in [4.78, 5) is 17.4. The van der Waals surface area contributed by atoms with Gasteiger partial charge in [-0.3, -0.25) is 4.79 Å². The van der Waals surface area contributed by atoms with Gasteiger partial charge in [-0.15, -0.1) is 0 Å². The van der Waals surface area contributed by atoms with Gasteiger partial charge in [0.2, 0.25) is 0 Å². The summed E-state index contributed by atoms with van der Waals surface area (Å²) >= 11 is 0. The first-order valence-electron chi connectivity index (χ1n) is 4.97. The minimum atomic E-state index is -0.413. The Morgan fingerprint density at radius 3 is 2.81 bits per heavy atom. The number of rotatable bonds is 1. The van der Waals surface area contributed by atoms with Gasteiger partial charge >= 0.3 is 0 Å². The van der Waals surface area contributed by atoms with Gasteiger partial charge in [-0.1, -0.05) is 0 Å². The molecule has 1 aromatic rings. The Labute approximate surface area is 92.9 Å². The normalized spacial score (nSPS) is 15.4. The molecular formula is C11H11N3O2. The maximum atomic E-state index is 11.8. The highest BCUT2D eigenvalue weighted by atomic mass is 16.3. The maximum Gasteiger partial charge on any atom is 0.272 e. The molecule has 1 aliphatic rings. The van der Waals surface area contributed by atoms with Crippen LogP contribution in [0.2, 0.25) is 0 Å². The van der Waals surface area contributed by atoms with Crippen LogP contribution in [0.3, 0.4) is 0 Å². The summed E-state index contributed by atoms with van der Waals surface area (Å²) in [5.41, 5.74) is 1.35. The second-order valence-electron chi connectivity index (χ2n) is 3.81. The molecule has 2 rings (SSSR count). The number of nitriles is 1. The fourth-order valence-corrected chi connectivity index (χ4v) is 1.58. The molecule has 0 unspecified atom stereocenters. The number of amides is 1. The average molecular weight is 217 g/mol. The van der Waals surface area contributed by atoms with Gasteiger partial charge in [-0.2, -0.15) is 5.26 Å². The number of aryl methyl sites for hydroxylation is 1. The van der Waals surface area contributed by atoms with Gasteiger partial charge in [-0.05, 0) is 19.1 Å². The highest BCUT2D eigenvalue weighted by molar-refractivity contribution is 5.93. The Morgan fingerprint density at radius 1 is 1.62 bits per heavy atom. The molecule has 1 saturated heterocycles. The Balaban J connectivity index is 2.19. The Kier molecular flexibility index (Phi) is 2.59. The lowest BCUT2D eigenvalue weighted by Gasteiger charge is -2.35. The summed E-state index contributed by atoms with van der Waals surface area (Å²) in [5.74, 6) is -0.196. The molecule has 0 saturated carbocycles. The molecule has 0 radical (unpaired) electrons. The molecule has 0 bridgehead atoms. The number of aromatic nitrogens is 1. The van der Waals surface area contributed by atoms with E-state index in [1.165, 1.54) is 4.90 Å². The minimum absolute atomic E-state index is 0.196. The monoisotopic (exact) mass is 217 g/mol. The number of aliphatic hydroxyl groups is 1. The third-order valence-corrected chi connectivity index (χ3v) is 2.57. The van der Waals surface area contributed by atoms with Crippen molar-refractivity contribution in [2.24, 2.45) is 0 Å². The van der Waals surface area contributed by atoms with Crippen molar-refractivity contribution in [1.29, 1.82) is 5.26 Å². The largest absolute Gasteiger partial charge is 0.389 e. The first-order chi connectivity index (χ1) is 7.61. The van der Waals surface area contributed by atoms with Crippen LogP contribution >= 0.6 is 0 Å². The molecular weight excluding hydrogens is 206 g/mol. The zero-order valence-electron chi connectivity index (χ0n) is 8.84. The number of β-amino-alcohol motifs (C(OH)–C–C–N with tert-alkyl or cyclic N) is 1. The molecule has 0 atom stereocenters. The van der Waals surface area contributed by atoms with E-state index >= 15 is 0 Å². The van der Waals surface area contributed by atoms with Crippen LogP contribution in [-0.2, 0) is 0 Å². The van der Waals surface area contributed by atoms with Crippen LogP contribution in [0, 0.1) is 18.3 Å². The molecule has 16 heavy (non-hydrogen) atoms. The van der Waals surface area contributed by atoms with Crippen LogP contribution in [-0.4, -0.2) is 40.1 Å². The molecule has 0 aliphatic carbocycles. The summed E-state index contributed by atoms with van der Waals surface area (Å²) in [6.07, 6.45) is -0.413. The number of nitrogens with zero attached hydrogens (tertiary/aromatic N) is 3. The molecule has 5 heteroatoms. The van der Waals surface area contributed by atoms with Crippen molar-refractivity contribution >= 4 is 5.91 Å². The first kappa shape index (κ1) is 10.6. The number of hydrogen-bond donors (Lipinski definition) is 1. The third kappa shape index (κ3) is 1.75. The predicted molar refractivity (Wildman–Crippen MR) is 55.6 cm³/mol. The first-order valence-corrected chi connectivity index (χ1v) is 4.97. The lowest BCUT2D eigenvalue weighted by Crippen LogP contribution is -2.53. The van der Waals surface area contributed by atoms with Crippen molar-refractivity contribution in [3.8, 4) is 6.07 Å². The highest BCUT2D eigenvalue weighted by Gasteiger charge is 2.30. The van der Waals surface area contributed by atoms with Crippen LogP contribution in [0.5, 0.6) is 0 Å². The van der Waals surface area contributed by atoms with Gasteiger partial charge in [0.05, 0.1) is 17.4 Å². The van der Waals surface area contributed by atoms with Gasteiger partial charge in [0.25, 0.3) is 5.91 Å². The molecule has 1 amide bonds. The van der Waals surface area contributed by atoms with Crippen molar-refractivity contribution in [2.75, 3.05) is 13.1 Å². The maximum absolute atomic E-state index is 11.8. The Morgan fingerprint density at radius 2 is 2.31 bits per heavy atom. The molecule has 82 valence electrons. The van der Waals surface area contributed by atoms with Gasteiger partial charge in [-0.25, -0.2) is 4.98 Å². The van der Waals surface area contributed by atoms with Gasteiger partial charge < -0.3 is 10.0 Å². The van der Waals surface area contributed by atoms with Crippen molar-refractivity contribution in [3.05, 3.63) is 29.1 Å². The standard InChI is InChI=1S/C11H11N3O2/c1-7-8(4-12)2-3-10(13-7)11(16)14-5-9(15)6-14/h2-3,9,15H,5-6H2,1H3. The van der Waals surface area contributed by atoms with Crippen molar-refractivity contribution < 1.29 is 9.90 Å². The lowest BCUT2D eigenvalue weighted by molar-refractivity contribution is 0.00549. The quantitative estimate of drug-likeness (QED) is 0.722. The van der Waals surface area contributed by atoms with Crippen molar-refractivity contribution in [1.82, 2.24) is 9.88 Å². The number of hydrogen-bond acceptors (Lipinski definition) is 4. The molecule has 2 heterocycles. The molecule has 5 nitrogen and oxygen atoms in total. The van der Waals surface area contributed by atoms with Gasteiger partial charge in [0, 0.05) is 13.1 Å². The minimum Gasteiger partial charge on any atom is -0.389 e. The van der Waals surface area contributed by atoms with E-state index in [4.69, 9.17) is 10.4 Å². The fraction of sp³-hybridized carbons (Fsp3) is 0.364. The summed E-state index contributed by atoms with van der Waals surface area (Å²) in [6.45, 7) is 2.42. The molecule has 0 spiro atoms. The number of carbonyl (C=O) groups is 1. The van der Waals surface area contributed by atoms with Crippen molar-refractivity contribution in [2.45, 2.75) is 13.0 Å². The van der Waals surface area contributed by atoms with Crippen LogP contribution in [0.25, 0.3) is 0 Å². The van der Waals surface area contributed by atoms with E-state index in [9.17, 15) is 4.79 Å². The summed E-state index contributed by atoms with van der Waals surface area (Å²) < 4.78 is 0. The second kappa shape index (κ2) is 3.91. The Bertz CT molecular complexity index is 473. The molecule has 0 aromatic carbocycles. The van der Waals surface area contributed by atoms with E-state index in [0.29, 0.717) is 30.0 Å². The SMILES string of the molecule is Cc1nc(C(=O)N2CC(O)C2)ccc1C#N. The fourth-order valence-electron chi connectivity index (χ4n) is 1.58. The number of pyridine rings is 1. The van der Waals surface area contributed by atoms with E-state index < -0.39 is 6.10 Å². The van der Waals surface area contributed by atoms with Crippen LogP contribution in [0.1, 0.15) is 21.7 Å². The van der Waals surface area contributed by atoms with Crippen molar-refractivity contribution in [3.63, 3.8) is 0 Å². The van der Waals surface area contributed by atoms with Crippen LogP contribution < -0.4 is 0 Å². The van der Waals surface area contributed by atoms with E-state index in [-0.39, 0.29) is 5.91 Å². The zero-order chi connectivity index (χ0) is 11.7. The third-order valence-electron chi connectivity index (χ3n) is 2.57. The summed E-state index contributed by atoms with van der Waals surface area (Å²) in [6, 6.07) is 5.13. The molecule has 1 aromatic heterocycles. The number of aliphatic hydroxyl groups excluding tert-OH is 1. The number of likely N-dealkylation sites (tertiary alicyclic amines) is 1. The average Bonchev–Trinajstić information content (AvgIpc) is 2.24. The van der Waals surface area contributed by atoms with Crippen LogP contribution in [0.15, 0.2) is 12.1 Å².